The minimum Gasteiger partial charge on any atom is -0.480 e. The molecule has 30 heavy (non-hydrogen) atoms. The first kappa shape index (κ1) is 20.7. The summed E-state index contributed by atoms with van der Waals surface area (Å²) in [7, 11) is 0. The fraction of sp³-hybridized carbons (Fsp3) is 0.200. The van der Waals surface area contributed by atoms with Gasteiger partial charge >= 0.3 is 5.97 Å². The molecule has 3 aromatic carbocycles. The molecule has 0 unspecified atom stereocenters. The smallest absolute Gasteiger partial charge is 0.318 e. The van der Waals surface area contributed by atoms with Crippen LogP contribution in [-0.2, 0) is 4.79 Å². The summed E-state index contributed by atoms with van der Waals surface area (Å²) in [6.07, 6.45) is 1.80. The summed E-state index contributed by atoms with van der Waals surface area (Å²) in [5, 5.41) is 10.5. The first-order chi connectivity index (χ1) is 14.5. The number of aliphatic carboxylic acids is 1. The lowest BCUT2D eigenvalue weighted by Crippen LogP contribution is -2.44. The van der Waals surface area contributed by atoms with Crippen molar-refractivity contribution in [2.45, 2.75) is 29.4 Å². The first-order valence-electron chi connectivity index (χ1n) is 9.86. The third-order valence-electron chi connectivity index (χ3n) is 5.72. The van der Waals surface area contributed by atoms with Gasteiger partial charge in [0, 0.05) is 20.7 Å². The maximum atomic E-state index is 13.5. The normalized spacial score (nSPS) is 20.8. The first-order valence-corrected chi connectivity index (χ1v) is 11.1. The Balaban J connectivity index is 1.63. The Morgan fingerprint density at radius 2 is 1.50 bits per heavy atom. The summed E-state index contributed by atoms with van der Waals surface area (Å²) in [6, 6.07) is 24.4. The number of Topliss-reactive ketones (excluding diaryl/α,β-unsaturated/α-hetero) is 1. The zero-order valence-corrected chi connectivity index (χ0v) is 17.8. The zero-order chi connectivity index (χ0) is 21.1. The van der Waals surface area contributed by atoms with Gasteiger partial charge in [-0.25, -0.2) is 0 Å². The second kappa shape index (κ2) is 8.66. The summed E-state index contributed by atoms with van der Waals surface area (Å²) in [4.78, 5) is 26.9. The highest BCUT2D eigenvalue weighted by molar-refractivity contribution is 8.00. The molecule has 1 N–H and O–H groups in total. The molecule has 2 atom stereocenters. The standard InChI is InChI=1S/C25H21ClO3S/c26-20-14-12-18(13-15-20)17-8-10-19(11-9-17)23(27)25(24(28)29)16-4-7-22(25)30-21-5-2-1-3-6-21/h1-3,5-6,8-15,22H,4,7,16H2,(H,28,29)/t22-,25-/m1/s1. The van der Waals surface area contributed by atoms with Gasteiger partial charge in [0.05, 0.1) is 0 Å². The second-order valence-electron chi connectivity index (χ2n) is 7.50. The predicted octanol–water partition coefficient (Wildman–Crippen LogP) is 6.61. The Kier molecular flexibility index (Phi) is 5.98. The molecule has 1 aliphatic carbocycles. The molecule has 0 heterocycles. The monoisotopic (exact) mass is 436 g/mol. The lowest BCUT2D eigenvalue weighted by molar-refractivity contribution is -0.145. The molecule has 0 spiro atoms. The summed E-state index contributed by atoms with van der Waals surface area (Å²) >= 11 is 7.45. The average Bonchev–Trinajstić information content (AvgIpc) is 3.19. The molecule has 0 bridgehead atoms. The molecule has 5 heteroatoms. The van der Waals surface area contributed by atoms with E-state index in [-0.39, 0.29) is 11.0 Å². The van der Waals surface area contributed by atoms with Gasteiger partial charge in [-0.2, -0.15) is 0 Å². The maximum absolute atomic E-state index is 13.5. The number of benzene rings is 3. The minimum absolute atomic E-state index is 0.291. The molecule has 0 saturated heterocycles. The highest BCUT2D eigenvalue weighted by Crippen LogP contribution is 2.49. The predicted molar refractivity (Wildman–Crippen MR) is 121 cm³/mol. The average molecular weight is 437 g/mol. The number of carbonyl (C=O) groups excluding carboxylic acids is 1. The van der Waals surface area contributed by atoms with Crippen molar-refractivity contribution < 1.29 is 14.7 Å². The van der Waals surface area contributed by atoms with Crippen LogP contribution >= 0.6 is 23.4 Å². The minimum atomic E-state index is -1.40. The molecule has 3 nitrogen and oxygen atoms in total. The van der Waals surface area contributed by atoms with Crippen LogP contribution in [0.1, 0.15) is 29.6 Å². The van der Waals surface area contributed by atoms with Gasteiger partial charge in [-0.05, 0) is 48.2 Å². The van der Waals surface area contributed by atoms with Gasteiger partial charge in [-0.15, -0.1) is 11.8 Å². The van der Waals surface area contributed by atoms with Crippen molar-refractivity contribution >= 4 is 35.1 Å². The molecule has 0 aromatic heterocycles. The van der Waals surface area contributed by atoms with E-state index in [4.69, 9.17) is 11.6 Å². The van der Waals surface area contributed by atoms with Crippen molar-refractivity contribution in [3.05, 3.63) is 89.4 Å². The highest BCUT2D eigenvalue weighted by atomic mass is 35.5. The van der Waals surface area contributed by atoms with Gasteiger partial charge in [0.15, 0.2) is 5.78 Å². The van der Waals surface area contributed by atoms with Crippen molar-refractivity contribution in [2.75, 3.05) is 0 Å². The topological polar surface area (TPSA) is 54.4 Å². The summed E-state index contributed by atoms with van der Waals surface area (Å²) < 4.78 is 0. The number of thioether (sulfide) groups is 1. The molecule has 0 aliphatic heterocycles. The van der Waals surface area contributed by atoms with Crippen LogP contribution in [0.25, 0.3) is 11.1 Å². The summed E-state index contributed by atoms with van der Waals surface area (Å²) in [5.41, 5.74) is 0.983. The van der Waals surface area contributed by atoms with E-state index in [9.17, 15) is 14.7 Å². The van der Waals surface area contributed by atoms with E-state index >= 15 is 0 Å². The zero-order valence-electron chi connectivity index (χ0n) is 16.3. The van der Waals surface area contributed by atoms with Crippen LogP contribution in [-0.4, -0.2) is 22.1 Å². The largest absolute Gasteiger partial charge is 0.480 e. The van der Waals surface area contributed by atoms with Gasteiger partial charge in [-0.1, -0.05) is 72.6 Å². The molecule has 1 fully saturated rings. The molecule has 0 radical (unpaired) electrons. The summed E-state index contributed by atoms with van der Waals surface area (Å²) in [6.45, 7) is 0. The molecule has 152 valence electrons. The fourth-order valence-electron chi connectivity index (χ4n) is 4.11. The Bertz CT molecular complexity index is 1050. The van der Waals surface area contributed by atoms with Crippen LogP contribution < -0.4 is 0 Å². The van der Waals surface area contributed by atoms with E-state index in [1.165, 1.54) is 11.8 Å². The molecular formula is C25H21ClO3S. The Hall–Kier alpha value is -2.56. The van der Waals surface area contributed by atoms with E-state index in [2.05, 4.69) is 0 Å². The molecular weight excluding hydrogens is 416 g/mol. The van der Waals surface area contributed by atoms with Crippen molar-refractivity contribution in [3.63, 3.8) is 0 Å². The number of halogens is 1. The summed E-state index contributed by atoms with van der Waals surface area (Å²) in [5.74, 6) is -1.33. The number of carboxylic acids is 1. The number of hydrogen-bond donors (Lipinski definition) is 1. The third-order valence-corrected chi connectivity index (χ3v) is 7.44. The maximum Gasteiger partial charge on any atom is 0.318 e. The van der Waals surface area contributed by atoms with Crippen LogP contribution in [0, 0.1) is 5.41 Å². The van der Waals surface area contributed by atoms with Crippen molar-refractivity contribution in [1.29, 1.82) is 0 Å². The number of ketones is 1. The molecule has 1 saturated carbocycles. The van der Waals surface area contributed by atoms with Crippen LogP contribution in [0.15, 0.2) is 83.8 Å². The Labute approximate surface area is 185 Å². The Morgan fingerprint density at radius 3 is 2.10 bits per heavy atom. The molecule has 0 amide bonds. The van der Waals surface area contributed by atoms with E-state index in [0.29, 0.717) is 23.4 Å². The van der Waals surface area contributed by atoms with Crippen LogP contribution in [0.5, 0.6) is 0 Å². The van der Waals surface area contributed by atoms with Crippen molar-refractivity contribution in [1.82, 2.24) is 0 Å². The molecule has 1 aliphatic rings. The van der Waals surface area contributed by atoms with Gasteiger partial charge < -0.3 is 5.11 Å². The third kappa shape index (κ3) is 3.90. The van der Waals surface area contributed by atoms with E-state index in [1.54, 1.807) is 12.1 Å². The van der Waals surface area contributed by atoms with Gasteiger partial charge in [-0.3, -0.25) is 9.59 Å². The fourth-order valence-corrected chi connectivity index (χ4v) is 5.69. The number of rotatable bonds is 6. The van der Waals surface area contributed by atoms with Crippen LogP contribution in [0.4, 0.5) is 0 Å². The Morgan fingerprint density at radius 1 is 0.900 bits per heavy atom. The second-order valence-corrected chi connectivity index (χ2v) is 9.21. The van der Waals surface area contributed by atoms with Gasteiger partial charge in [0.1, 0.15) is 5.41 Å². The lowest BCUT2D eigenvalue weighted by Gasteiger charge is -2.29. The molecule has 3 aromatic rings. The van der Waals surface area contributed by atoms with Crippen LogP contribution in [0.3, 0.4) is 0 Å². The quantitative estimate of drug-likeness (QED) is 0.349. The number of hydrogen-bond acceptors (Lipinski definition) is 3. The number of carboxylic acid groups (broad SMARTS) is 1. The van der Waals surface area contributed by atoms with Crippen molar-refractivity contribution in [2.24, 2.45) is 5.41 Å². The van der Waals surface area contributed by atoms with Gasteiger partial charge in [0.2, 0.25) is 0 Å². The van der Waals surface area contributed by atoms with Crippen LogP contribution in [0.2, 0.25) is 5.02 Å². The van der Waals surface area contributed by atoms with Crippen molar-refractivity contribution in [3.8, 4) is 11.1 Å². The van der Waals surface area contributed by atoms with E-state index < -0.39 is 11.4 Å². The SMILES string of the molecule is O=C(O)[C@]1(C(=O)c2ccc(-c3ccc(Cl)cc3)cc2)CCC[C@H]1Sc1ccccc1. The number of carbonyl (C=O) groups is 2. The van der Waals surface area contributed by atoms with E-state index in [0.717, 1.165) is 22.4 Å². The van der Waals surface area contributed by atoms with Gasteiger partial charge in [0.25, 0.3) is 0 Å². The van der Waals surface area contributed by atoms with E-state index in [1.807, 2.05) is 66.7 Å². The lowest BCUT2D eigenvalue weighted by atomic mass is 9.78. The highest BCUT2D eigenvalue weighted by Gasteiger charge is 2.55. The molecule has 4 rings (SSSR count).